The molecule has 2 unspecified atom stereocenters. The van der Waals surface area contributed by atoms with Gasteiger partial charge in [0.1, 0.15) is 0 Å². The van der Waals surface area contributed by atoms with E-state index in [0.717, 1.165) is 25.1 Å². The molecule has 0 aromatic heterocycles. The minimum absolute atomic E-state index is 0.0111. The van der Waals surface area contributed by atoms with Crippen molar-refractivity contribution >= 4 is 17.5 Å². The molecule has 2 amide bonds. The van der Waals surface area contributed by atoms with Gasteiger partial charge >= 0.3 is 0 Å². The van der Waals surface area contributed by atoms with E-state index in [1.165, 1.54) is 5.56 Å². The Labute approximate surface area is 144 Å². The van der Waals surface area contributed by atoms with Crippen LogP contribution in [0.15, 0.2) is 24.3 Å². The largest absolute Gasteiger partial charge is 0.356 e. The maximum atomic E-state index is 12.5. The van der Waals surface area contributed by atoms with Crippen molar-refractivity contribution < 1.29 is 9.59 Å². The third-order valence-corrected chi connectivity index (χ3v) is 4.77. The number of benzene rings is 1. The highest BCUT2D eigenvalue weighted by molar-refractivity contribution is 6.00. The Morgan fingerprint density at radius 2 is 2.08 bits per heavy atom. The maximum Gasteiger partial charge on any atom is 0.227 e. The lowest BCUT2D eigenvalue weighted by Gasteiger charge is -2.23. The standard InChI is InChI=1S/C19H29N3O2/c1-4-14(2)16-8-5-6-9-17(16)22-13-15(12-18(22)23)19(24)21-11-7-10-20-3/h5-6,8-9,14-15,20H,4,7,10-13H2,1-3H3,(H,21,24). The Balaban J connectivity index is 2.04. The minimum atomic E-state index is -0.253. The number of hydrogen-bond donors (Lipinski definition) is 2. The van der Waals surface area contributed by atoms with Crippen LogP contribution in [0, 0.1) is 5.92 Å². The van der Waals surface area contributed by atoms with Crippen LogP contribution < -0.4 is 15.5 Å². The molecule has 2 rings (SSSR count). The van der Waals surface area contributed by atoms with Crippen molar-refractivity contribution in [1.82, 2.24) is 10.6 Å². The molecule has 1 aromatic carbocycles. The number of para-hydroxylation sites is 1. The van der Waals surface area contributed by atoms with E-state index in [4.69, 9.17) is 0 Å². The molecule has 1 aromatic rings. The number of anilines is 1. The first-order valence-corrected chi connectivity index (χ1v) is 8.90. The van der Waals surface area contributed by atoms with Gasteiger partial charge in [0.05, 0.1) is 5.92 Å². The molecule has 0 spiro atoms. The Morgan fingerprint density at radius 1 is 1.33 bits per heavy atom. The van der Waals surface area contributed by atoms with E-state index < -0.39 is 0 Å². The molecule has 0 bridgehead atoms. The SMILES string of the molecule is CCC(C)c1ccccc1N1CC(C(=O)NCCCNC)CC1=O. The summed E-state index contributed by atoms with van der Waals surface area (Å²) in [5, 5.41) is 6.00. The monoisotopic (exact) mass is 331 g/mol. The topological polar surface area (TPSA) is 61.4 Å². The molecule has 1 aliphatic rings. The average molecular weight is 331 g/mol. The first-order valence-electron chi connectivity index (χ1n) is 8.90. The van der Waals surface area contributed by atoms with E-state index in [0.29, 0.717) is 25.4 Å². The van der Waals surface area contributed by atoms with Crippen molar-refractivity contribution in [3.8, 4) is 0 Å². The summed E-state index contributed by atoms with van der Waals surface area (Å²) in [7, 11) is 1.89. The second kappa shape index (κ2) is 8.83. The van der Waals surface area contributed by atoms with Gasteiger partial charge in [0, 0.05) is 25.2 Å². The average Bonchev–Trinajstić information content (AvgIpc) is 2.99. The molecular weight excluding hydrogens is 302 g/mol. The molecule has 5 heteroatoms. The van der Waals surface area contributed by atoms with Crippen LogP contribution in [0.4, 0.5) is 5.69 Å². The highest BCUT2D eigenvalue weighted by Gasteiger charge is 2.35. The Kier molecular flexibility index (Phi) is 6.79. The lowest BCUT2D eigenvalue weighted by Crippen LogP contribution is -2.34. The van der Waals surface area contributed by atoms with Gasteiger partial charge in [0.2, 0.25) is 11.8 Å². The number of carbonyl (C=O) groups is 2. The first-order chi connectivity index (χ1) is 11.6. The normalized spacial score (nSPS) is 18.7. The third-order valence-electron chi connectivity index (χ3n) is 4.77. The molecule has 0 saturated carbocycles. The zero-order chi connectivity index (χ0) is 17.5. The number of nitrogens with one attached hydrogen (secondary N) is 2. The summed E-state index contributed by atoms with van der Waals surface area (Å²) >= 11 is 0. The Hall–Kier alpha value is -1.88. The number of amides is 2. The quantitative estimate of drug-likeness (QED) is 0.719. The maximum absolute atomic E-state index is 12.5. The van der Waals surface area contributed by atoms with E-state index in [2.05, 4.69) is 30.5 Å². The van der Waals surface area contributed by atoms with E-state index in [-0.39, 0.29) is 17.7 Å². The summed E-state index contributed by atoms with van der Waals surface area (Å²) in [5.41, 5.74) is 2.14. The molecule has 5 nitrogen and oxygen atoms in total. The fraction of sp³-hybridized carbons (Fsp3) is 0.579. The van der Waals surface area contributed by atoms with Gasteiger partial charge in [0.25, 0.3) is 0 Å². The lowest BCUT2D eigenvalue weighted by atomic mass is 9.96. The second-order valence-electron chi connectivity index (χ2n) is 6.52. The van der Waals surface area contributed by atoms with Crippen LogP contribution in [0.3, 0.4) is 0 Å². The molecule has 132 valence electrons. The molecule has 0 aliphatic carbocycles. The Bertz CT molecular complexity index is 573. The van der Waals surface area contributed by atoms with E-state index >= 15 is 0 Å². The number of carbonyl (C=O) groups excluding carboxylic acids is 2. The zero-order valence-electron chi connectivity index (χ0n) is 15.0. The smallest absolute Gasteiger partial charge is 0.227 e. The molecule has 1 saturated heterocycles. The van der Waals surface area contributed by atoms with Gasteiger partial charge in [0.15, 0.2) is 0 Å². The van der Waals surface area contributed by atoms with Gasteiger partial charge in [-0.3, -0.25) is 9.59 Å². The number of nitrogens with zero attached hydrogens (tertiary/aromatic N) is 1. The predicted octanol–water partition coefficient (Wildman–Crippen LogP) is 2.28. The molecule has 0 radical (unpaired) electrons. The van der Waals surface area contributed by atoms with Crippen molar-refractivity contribution in [2.24, 2.45) is 5.92 Å². The van der Waals surface area contributed by atoms with Gasteiger partial charge < -0.3 is 15.5 Å². The van der Waals surface area contributed by atoms with Gasteiger partial charge in [-0.15, -0.1) is 0 Å². The van der Waals surface area contributed by atoms with Crippen molar-refractivity contribution in [1.29, 1.82) is 0 Å². The summed E-state index contributed by atoms with van der Waals surface area (Å²) in [6, 6.07) is 8.05. The summed E-state index contributed by atoms with van der Waals surface area (Å²) in [5.74, 6) is 0.171. The Morgan fingerprint density at radius 3 is 2.79 bits per heavy atom. The van der Waals surface area contributed by atoms with E-state index in [1.54, 1.807) is 4.90 Å². The van der Waals surface area contributed by atoms with Crippen molar-refractivity contribution in [2.75, 3.05) is 31.6 Å². The summed E-state index contributed by atoms with van der Waals surface area (Å²) in [4.78, 5) is 26.6. The lowest BCUT2D eigenvalue weighted by molar-refractivity contribution is -0.126. The molecular formula is C19H29N3O2. The minimum Gasteiger partial charge on any atom is -0.356 e. The summed E-state index contributed by atoms with van der Waals surface area (Å²) in [6.07, 6.45) is 2.21. The number of rotatable bonds is 8. The molecule has 2 N–H and O–H groups in total. The van der Waals surface area contributed by atoms with Gasteiger partial charge in [-0.2, -0.15) is 0 Å². The van der Waals surface area contributed by atoms with Crippen molar-refractivity contribution in [3.05, 3.63) is 29.8 Å². The van der Waals surface area contributed by atoms with Gasteiger partial charge in [-0.05, 0) is 44.0 Å². The van der Waals surface area contributed by atoms with Crippen LogP contribution in [-0.4, -0.2) is 38.5 Å². The van der Waals surface area contributed by atoms with Gasteiger partial charge in [-0.1, -0.05) is 32.0 Å². The highest BCUT2D eigenvalue weighted by Crippen LogP contribution is 2.33. The van der Waals surface area contributed by atoms with Crippen LogP contribution in [-0.2, 0) is 9.59 Å². The predicted molar refractivity (Wildman–Crippen MR) is 97.2 cm³/mol. The fourth-order valence-electron chi connectivity index (χ4n) is 3.11. The van der Waals surface area contributed by atoms with Crippen molar-refractivity contribution in [3.63, 3.8) is 0 Å². The summed E-state index contributed by atoms with van der Waals surface area (Å²) < 4.78 is 0. The molecule has 1 aliphatic heterocycles. The zero-order valence-corrected chi connectivity index (χ0v) is 15.0. The van der Waals surface area contributed by atoms with Crippen LogP contribution >= 0.6 is 0 Å². The van der Waals surface area contributed by atoms with Gasteiger partial charge in [-0.25, -0.2) is 0 Å². The van der Waals surface area contributed by atoms with Crippen LogP contribution in [0.5, 0.6) is 0 Å². The van der Waals surface area contributed by atoms with Crippen LogP contribution in [0.1, 0.15) is 44.6 Å². The molecule has 1 fully saturated rings. The number of hydrogen-bond acceptors (Lipinski definition) is 3. The van der Waals surface area contributed by atoms with Crippen LogP contribution in [0.25, 0.3) is 0 Å². The fourth-order valence-corrected chi connectivity index (χ4v) is 3.11. The second-order valence-corrected chi connectivity index (χ2v) is 6.52. The molecule has 1 heterocycles. The van der Waals surface area contributed by atoms with E-state index in [9.17, 15) is 9.59 Å². The van der Waals surface area contributed by atoms with Crippen LogP contribution in [0.2, 0.25) is 0 Å². The summed E-state index contributed by atoms with van der Waals surface area (Å²) in [6.45, 7) is 6.32. The molecule has 24 heavy (non-hydrogen) atoms. The van der Waals surface area contributed by atoms with Crippen molar-refractivity contribution in [2.45, 2.75) is 39.0 Å². The highest BCUT2D eigenvalue weighted by atomic mass is 16.2. The van der Waals surface area contributed by atoms with E-state index in [1.807, 2.05) is 25.2 Å². The first kappa shape index (κ1) is 18.5. The third kappa shape index (κ3) is 4.35. The molecule has 2 atom stereocenters.